The third-order valence-electron chi connectivity index (χ3n) is 2.67. The minimum absolute atomic E-state index is 0.489. The van der Waals surface area contributed by atoms with Crippen LogP contribution in [0.15, 0.2) is 42.6 Å². The van der Waals surface area contributed by atoms with Crippen molar-refractivity contribution in [3.8, 4) is 0 Å². The molecule has 0 aliphatic rings. The van der Waals surface area contributed by atoms with Crippen LogP contribution in [0.5, 0.6) is 0 Å². The molecule has 1 atom stereocenters. The Morgan fingerprint density at radius 1 is 1.25 bits per heavy atom. The molecular weight excluding hydrogens is 198 g/mol. The van der Waals surface area contributed by atoms with E-state index in [0.717, 1.165) is 12.4 Å². The second kappa shape index (κ2) is 4.84. The first-order valence-corrected chi connectivity index (χ1v) is 5.54. The quantitative estimate of drug-likeness (QED) is 0.849. The number of rotatable bonds is 4. The fourth-order valence-electron chi connectivity index (χ4n) is 1.67. The summed E-state index contributed by atoms with van der Waals surface area (Å²) < 4.78 is 1.80. The second-order valence-corrected chi connectivity index (χ2v) is 4.07. The first-order chi connectivity index (χ1) is 7.75. The van der Waals surface area contributed by atoms with E-state index in [2.05, 4.69) is 41.6 Å². The van der Waals surface area contributed by atoms with E-state index in [1.165, 1.54) is 5.56 Å². The van der Waals surface area contributed by atoms with Crippen LogP contribution in [0.3, 0.4) is 0 Å². The molecule has 0 aliphatic carbocycles. The van der Waals surface area contributed by atoms with Crippen LogP contribution in [-0.4, -0.2) is 16.3 Å². The van der Waals surface area contributed by atoms with Crippen LogP contribution < -0.4 is 5.32 Å². The Labute approximate surface area is 96.1 Å². The molecule has 2 aromatic rings. The zero-order valence-electron chi connectivity index (χ0n) is 9.72. The van der Waals surface area contributed by atoms with E-state index in [4.69, 9.17) is 0 Å². The molecule has 1 aromatic carbocycles. The van der Waals surface area contributed by atoms with Crippen LogP contribution in [0.4, 0.5) is 5.82 Å². The van der Waals surface area contributed by atoms with Crippen molar-refractivity contribution in [1.29, 1.82) is 0 Å². The van der Waals surface area contributed by atoms with Gasteiger partial charge < -0.3 is 5.32 Å². The predicted octanol–water partition coefficient (Wildman–Crippen LogP) is 2.64. The first kappa shape index (κ1) is 10.7. The lowest BCUT2D eigenvalue weighted by Gasteiger charge is -2.12. The topological polar surface area (TPSA) is 29.9 Å². The number of aryl methyl sites for hydroxylation is 1. The molecule has 1 N–H and O–H groups in total. The van der Waals surface area contributed by atoms with Crippen molar-refractivity contribution in [3.05, 3.63) is 48.2 Å². The first-order valence-electron chi connectivity index (χ1n) is 5.54. The van der Waals surface area contributed by atoms with E-state index in [1.54, 1.807) is 4.68 Å². The maximum atomic E-state index is 4.28. The highest BCUT2D eigenvalue weighted by molar-refractivity contribution is 5.33. The SMILES string of the molecule is CC(CNc1ccn(C)n1)c1ccccc1. The summed E-state index contributed by atoms with van der Waals surface area (Å²) in [7, 11) is 1.92. The Bertz CT molecular complexity index is 433. The molecule has 16 heavy (non-hydrogen) atoms. The van der Waals surface area contributed by atoms with E-state index in [0.29, 0.717) is 5.92 Å². The largest absolute Gasteiger partial charge is 0.368 e. The average molecular weight is 215 g/mol. The molecule has 1 heterocycles. The minimum atomic E-state index is 0.489. The zero-order valence-corrected chi connectivity index (χ0v) is 9.72. The fourth-order valence-corrected chi connectivity index (χ4v) is 1.67. The summed E-state index contributed by atoms with van der Waals surface area (Å²) in [6.07, 6.45) is 1.94. The highest BCUT2D eigenvalue weighted by Crippen LogP contribution is 2.15. The van der Waals surface area contributed by atoms with Crippen molar-refractivity contribution in [3.63, 3.8) is 0 Å². The third-order valence-corrected chi connectivity index (χ3v) is 2.67. The van der Waals surface area contributed by atoms with Crippen LogP contribution in [0.2, 0.25) is 0 Å². The van der Waals surface area contributed by atoms with Crippen LogP contribution in [-0.2, 0) is 7.05 Å². The molecule has 3 nitrogen and oxygen atoms in total. The van der Waals surface area contributed by atoms with Gasteiger partial charge in [-0.05, 0) is 11.5 Å². The molecule has 84 valence electrons. The summed E-state index contributed by atoms with van der Waals surface area (Å²) in [6.45, 7) is 3.12. The Morgan fingerprint density at radius 3 is 2.62 bits per heavy atom. The monoisotopic (exact) mass is 215 g/mol. The van der Waals surface area contributed by atoms with Crippen LogP contribution in [0.1, 0.15) is 18.4 Å². The van der Waals surface area contributed by atoms with Gasteiger partial charge in [0.1, 0.15) is 5.82 Å². The molecule has 0 amide bonds. The maximum Gasteiger partial charge on any atom is 0.147 e. The molecule has 2 rings (SSSR count). The number of benzene rings is 1. The van der Waals surface area contributed by atoms with E-state index in [-0.39, 0.29) is 0 Å². The molecule has 0 saturated heterocycles. The van der Waals surface area contributed by atoms with Gasteiger partial charge in [0, 0.05) is 25.9 Å². The summed E-state index contributed by atoms with van der Waals surface area (Å²) in [5.74, 6) is 1.42. The molecule has 1 unspecified atom stereocenters. The maximum absolute atomic E-state index is 4.28. The van der Waals surface area contributed by atoms with Crippen molar-refractivity contribution < 1.29 is 0 Å². The van der Waals surface area contributed by atoms with Gasteiger partial charge in [0.25, 0.3) is 0 Å². The lowest BCUT2D eigenvalue weighted by molar-refractivity contribution is 0.757. The number of nitrogens with zero attached hydrogens (tertiary/aromatic N) is 2. The third kappa shape index (κ3) is 2.63. The standard InChI is InChI=1S/C13H17N3/c1-11(12-6-4-3-5-7-12)10-14-13-8-9-16(2)15-13/h3-9,11H,10H2,1-2H3,(H,14,15). The Balaban J connectivity index is 1.91. The van der Waals surface area contributed by atoms with E-state index >= 15 is 0 Å². The molecule has 0 fully saturated rings. The molecule has 0 bridgehead atoms. The molecule has 1 aromatic heterocycles. The summed E-state index contributed by atoms with van der Waals surface area (Å²) in [5, 5.41) is 7.61. The number of nitrogens with one attached hydrogen (secondary N) is 1. The van der Waals surface area contributed by atoms with Crippen molar-refractivity contribution in [1.82, 2.24) is 9.78 Å². The van der Waals surface area contributed by atoms with E-state index in [1.807, 2.05) is 25.4 Å². The molecule has 0 radical (unpaired) electrons. The summed E-state index contributed by atoms with van der Waals surface area (Å²) in [5.41, 5.74) is 1.35. The Kier molecular flexibility index (Phi) is 3.25. The summed E-state index contributed by atoms with van der Waals surface area (Å²) in [6, 6.07) is 12.5. The Hall–Kier alpha value is -1.77. The highest BCUT2D eigenvalue weighted by Gasteiger charge is 2.04. The van der Waals surface area contributed by atoms with Crippen molar-refractivity contribution in [2.24, 2.45) is 7.05 Å². The van der Waals surface area contributed by atoms with Gasteiger partial charge in [0.05, 0.1) is 0 Å². The predicted molar refractivity (Wildman–Crippen MR) is 66.6 cm³/mol. The molecular formula is C13H17N3. The van der Waals surface area contributed by atoms with Gasteiger partial charge >= 0.3 is 0 Å². The lowest BCUT2D eigenvalue weighted by atomic mass is 10.0. The molecule has 0 saturated carbocycles. The average Bonchev–Trinajstić information content (AvgIpc) is 2.73. The molecule has 3 heteroatoms. The van der Waals surface area contributed by atoms with Crippen molar-refractivity contribution in [2.75, 3.05) is 11.9 Å². The number of aromatic nitrogens is 2. The number of hydrogen-bond donors (Lipinski definition) is 1. The number of anilines is 1. The molecule has 0 aliphatic heterocycles. The van der Waals surface area contributed by atoms with E-state index < -0.39 is 0 Å². The van der Waals surface area contributed by atoms with E-state index in [9.17, 15) is 0 Å². The Morgan fingerprint density at radius 2 is 2.00 bits per heavy atom. The van der Waals surface area contributed by atoms with Gasteiger partial charge in [0.15, 0.2) is 0 Å². The summed E-state index contributed by atoms with van der Waals surface area (Å²) in [4.78, 5) is 0. The zero-order chi connectivity index (χ0) is 11.4. The van der Waals surface area contributed by atoms with Gasteiger partial charge in [-0.1, -0.05) is 37.3 Å². The van der Waals surface area contributed by atoms with Gasteiger partial charge in [0.2, 0.25) is 0 Å². The minimum Gasteiger partial charge on any atom is -0.368 e. The highest BCUT2D eigenvalue weighted by atomic mass is 15.3. The van der Waals surface area contributed by atoms with Crippen molar-refractivity contribution >= 4 is 5.82 Å². The van der Waals surface area contributed by atoms with Crippen LogP contribution in [0, 0.1) is 0 Å². The fraction of sp³-hybridized carbons (Fsp3) is 0.308. The second-order valence-electron chi connectivity index (χ2n) is 4.07. The normalized spacial score (nSPS) is 12.4. The van der Waals surface area contributed by atoms with Crippen LogP contribution in [0.25, 0.3) is 0 Å². The van der Waals surface area contributed by atoms with Gasteiger partial charge in [-0.25, -0.2) is 0 Å². The van der Waals surface area contributed by atoms with Gasteiger partial charge in [-0.15, -0.1) is 0 Å². The number of hydrogen-bond acceptors (Lipinski definition) is 2. The lowest BCUT2D eigenvalue weighted by Crippen LogP contribution is -2.10. The van der Waals surface area contributed by atoms with Crippen LogP contribution >= 0.6 is 0 Å². The van der Waals surface area contributed by atoms with Gasteiger partial charge in [-0.2, -0.15) is 5.10 Å². The smallest absolute Gasteiger partial charge is 0.147 e. The van der Waals surface area contributed by atoms with Gasteiger partial charge in [-0.3, -0.25) is 4.68 Å². The van der Waals surface area contributed by atoms with Crippen molar-refractivity contribution in [2.45, 2.75) is 12.8 Å². The summed E-state index contributed by atoms with van der Waals surface area (Å²) >= 11 is 0. The molecule has 0 spiro atoms.